The van der Waals surface area contributed by atoms with Crippen molar-refractivity contribution in [2.24, 2.45) is 0 Å². The van der Waals surface area contributed by atoms with Crippen LogP contribution in [-0.4, -0.2) is 34.7 Å². The topological polar surface area (TPSA) is 84.4 Å². The van der Waals surface area contributed by atoms with Gasteiger partial charge in [0.25, 0.3) is 5.91 Å². The fraction of sp³-hybridized carbons (Fsp3) is 0.238. The van der Waals surface area contributed by atoms with Gasteiger partial charge in [-0.05, 0) is 49.4 Å². The Morgan fingerprint density at radius 2 is 1.88 bits per heavy atom. The Labute approximate surface area is 203 Å². The van der Waals surface area contributed by atoms with E-state index in [0.29, 0.717) is 43.9 Å². The molecule has 1 aromatic heterocycles. The van der Waals surface area contributed by atoms with E-state index in [1.165, 1.54) is 17.4 Å². The number of carbonyl (C=O) groups is 2. The molecule has 3 aromatic rings. The van der Waals surface area contributed by atoms with Crippen LogP contribution in [0.3, 0.4) is 0 Å². The van der Waals surface area contributed by atoms with Gasteiger partial charge in [-0.25, -0.2) is 0 Å². The lowest BCUT2D eigenvalue weighted by atomic mass is 10.1. The van der Waals surface area contributed by atoms with E-state index in [9.17, 15) is 9.59 Å². The highest BCUT2D eigenvalue weighted by Gasteiger charge is 2.34. The Kier molecular flexibility index (Phi) is 6.85. The number of nitrogens with zero attached hydrogens (tertiary/aromatic N) is 3. The first kappa shape index (κ1) is 22.8. The van der Waals surface area contributed by atoms with Crippen LogP contribution in [0.2, 0.25) is 15.1 Å². The van der Waals surface area contributed by atoms with Crippen molar-refractivity contribution in [2.45, 2.75) is 25.4 Å². The number of hydrogen-bond donors (Lipinski definition) is 1. The Morgan fingerprint density at radius 3 is 2.59 bits per heavy atom. The van der Waals surface area contributed by atoms with Crippen LogP contribution in [0.4, 0.5) is 10.8 Å². The Morgan fingerprint density at radius 1 is 1.16 bits per heavy atom. The van der Waals surface area contributed by atoms with Crippen LogP contribution in [0.5, 0.6) is 5.75 Å². The van der Waals surface area contributed by atoms with Gasteiger partial charge in [-0.2, -0.15) is 0 Å². The first-order valence-electron chi connectivity index (χ1n) is 9.62. The SMILES string of the molecule is CC(Oc1ccc(Cl)cc1Cl)C(=O)Nc1nnc(C2CC(=O)N(c3ccc(Cl)cc3)C2)s1. The Hall–Kier alpha value is -2.39. The molecule has 7 nitrogen and oxygen atoms in total. The van der Waals surface area contributed by atoms with Crippen LogP contribution < -0.4 is 15.0 Å². The molecule has 1 saturated heterocycles. The third kappa shape index (κ3) is 5.15. The van der Waals surface area contributed by atoms with Gasteiger partial charge in [0.1, 0.15) is 10.8 Å². The van der Waals surface area contributed by atoms with Gasteiger partial charge in [0.15, 0.2) is 6.10 Å². The number of ether oxygens (including phenoxy) is 1. The minimum Gasteiger partial charge on any atom is -0.479 e. The summed E-state index contributed by atoms with van der Waals surface area (Å²) in [6.07, 6.45) is -0.505. The molecular formula is C21H17Cl3N4O3S. The molecule has 166 valence electrons. The molecular weight excluding hydrogens is 495 g/mol. The van der Waals surface area contributed by atoms with Gasteiger partial charge >= 0.3 is 0 Å². The summed E-state index contributed by atoms with van der Waals surface area (Å²) in [5.41, 5.74) is 0.784. The molecule has 0 spiro atoms. The average molecular weight is 512 g/mol. The van der Waals surface area contributed by atoms with Gasteiger partial charge in [0.2, 0.25) is 11.0 Å². The van der Waals surface area contributed by atoms with Gasteiger partial charge < -0.3 is 9.64 Å². The second-order valence-corrected chi connectivity index (χ2v) is 9.44. The molecule has 1 fully saturated rings. The van der Waals surface area contributed by atoms with Crippen molar-refractivity contribution in [2.75, 3.05) is 16.8 Å². The Bertz CT molecular complexity index is 1160. The minimum atomic E-state index is -0.825. The fourth-order valence-corrected chi connectivity index (χ4v) is 4.63. The van der Waals surface area contributed by atoms with Crippen molar-refractivity contribution in [1.29, 1.82) is 0 Å². The van der Waals surface area contributed by atoms with Crippen LogP contribution in [0.1, 0.15) is 24.3 Å². The highest BCUT2D eigenvalue weighted by molar-refractivity contribution is 7.15. The number of anilines is 2. The zero-order valence-electron chi connectivity index (χ0n) is 16.7. The largest absolute Gasteiger partial charge is 0.479 e. The summed E-state index contributed by atoms with van der Waals surface area (Å²) in [7, 11) is 0. The first-order chi connectivity index (χ1) is 15.3. The lowest BCUT2D eigenvalue weighted by Crippen LogP contribution is -2.30. The molecule has 4 rings (SSSR count). The van der Waals surface area contributed by atoms with Crippen LogP contribution in [0, 0.1) is 0 Å². The number of benzene rings is 2. The monoisotopic (exact) mass is 510 g/mol. The van der Waals surface area contributed by atoms with Crippen molar-refractivity contribution < 1.29 is 14.3 Å². The predicted octanol–water partition coefficient (Wildman–Crippen LogP) is 5.42. The van der Waals surface area contributed by atoms with E-state index in [0.717, 1.165) is 5.69 Å². The number of amides is 2. The molecule has 0 bridgehead atoms. The molecule has 11 heteroatoms. The van der Waals surface area contributed by atoms with Crippen LogP contribution >= 0.6 is 46.1 Å². The highest BCUT2D eigenvalue weighted by atomic mass is 35.5. The summed E-state index contributed by atoms with van der Waals surface area (Å²) in [5, 5.41) is 13.3. The van der Waals surface area contributed by atoms with Gasteiger partial charge in [-0.1, -0.05) is 46.1 Å². The number of nitrogens with one attached hydrogen (secondary N) is 1. The van der Waals surface area contributed by atoms with Gasteiger partial charge in [0.05, 0.1) is 5.02 Å². The lowest BCUT2D eigenvalue weighted by Gasteiger charge is -2.16. The molecule has 1 aliphatic rings. The van der Waals surface area contributed by atoms with Gasteiger partial charge in [0, 0.05) is 34.6 Å². The van der Waals surface area contributed by atoms with Crippen molar-refractivity contribution in [1.82, 2.24) is 10.2 Å². The van der Waals surface area contributed by atoms with E-state index in [1.807, 2.05) is 12.1 Å². The van der Waals surface area contributed by atoms with E-state index in [1.54, 1.807) is 36.1 Å². The maximum Gasteiger partial charge on any atom is 0.266 e. The zero-order chi connectivity index (χ0) is 22.8. The van der Waals surface area contributed by atoms with Gasteiger partial charge in [-0.15, -0.1) is 10.2 Å². The molecule has 1 aliphatic heterocycles. The summed E-state index contributed by atoms with van der Waals surface area (Å²) in [5.74, 6) is -0.157. The number of rotatable bonds is 6. The quantitative estimate of drug-likeness (QED) is 0.477. The van der Waals surface area contributed by atoms with Crippen molar-refractivity contribution in [3.8, 4) is 5.75 Å². The van der Waals surface area contributed by atoms with Crippen molar-refractivity contribution in [3.05, 3.63) is 62.5 Å². The molecule has 2 atom stereocenters. The summed E-state index contributed by atoms with van der Waals surface area (Å²) >= 11 is 19.1. The minimum absolute atomic E-state index is 0.0000246. The second kappa shape index (κ2) is 9.62. The van der Waals surface area contributed by atoms with Crippen LogP contribution in [0.15, 0.2) is 42.5 Å². The maximum atomic E-state index is 12.5. The maximum absolute atomic E-state index is 12.5. The molecule has 2 amide bonds. The third-order valence-electron chi connectivity index (χ3n) is 4.85. The summed E-state index contributed by atoms with van der Waals surface area (Å²) in [6.45, 7) is 2.08. The van der Waals surface area contributed by atoms with E-state index >= 15 is 0 Å². The summed E-state index contributed by atoms with van der Waals surface area (Å²) in [4.78, 5) is 26.7. The molecule has 0 radical (unpaired) electrons. The zero-order valence-corrected chi connectivity index (χ0v) is 19.8. The molecule has 1 N–H and O–H groups in total. The fourth-order valence-electron chi connectivity index (χ4n) is 3.22. The molecule has 0 aliphatic carbocycles. The first-order valence-corrected chi connectivity index (χ1v) is 11.6. The van der Waals surface area contributed by atoms with E-state index < -0.39 is 12.0 Å². The van der Waals surface area contributed by atoms with E-state index in [-0.39, 0.29) is 11.8 Å². The third-order valence-corrected chi connectivity index (χ3v) is 6.63. The summed E-state index contributed by atoms with van der Waals surface area (Å²) in [6, 6.07) is 11.9. The predicted molar refractivity (Wildman–Crippen MR) is 126 cm³/mol. The Balaban J connectivity index is 1.37. The molecule has 32 heavy (non-hydrogen) atoms. The van der Waals surface area contributed by atoms with Gasteiger partial charge in [-0.3, -0.25) is 14.9 Å². The van der Waals surface area contributed by atoms with Crippen molar-refractivity contribution >= 4 is 68.8 Å². The number of hydrogen-bond acceptors (Lipinski definition) is 6. The lowest BCUT2D eigenvalue weighted by molar-refractivity contribution is -0.122. The molecule has 0 saturated carbocycles. The summed E-state index contributed by atoms with van der Waals surface area (Å²) < 4.78 is 5.62. The number of carbonyl (C=O) groups excluding carboxylic acids is 2. The number of halogens is 3. The average Bonchev–Trinajstić information content (AvgIpc) is 3.37. The second-order valence-electron chi connectivity index (χ2n) is 7.15. The molecule has 2 unspecified atom stereocenters. The van der Waals surface area contributed by atoms with Crippen LogP contribution in [0.25, 0.3) is 0 Å². The number of aromatic nitrogens is 2. The normalized spacial score (nSPS) is 16.8. The molecule has 2 aromatic carbocycles. The smallest absolute Gasteiger partial charge is 0.266 e. The van der Waals surface area contributed by atoms with Crippen molar-refractivity contribution in [3.63, 3.8) is 0 Å². The molecule has 2 heterocycles. The highest BCUT2D eigenvalue weighted by Crippen LogP contribution is 2.35. The standard InChI is InChI=1S/C21H17Cl3N4O3S/c1-11(31-17-7-4-14(23)9-16(17)24)19(30)25-21-27-26-20(32-21)12-8-18(29)28(10-12)15-5-2-13(22)3-6-15/h2-7,9,11-12H,8,10H2,1H3,(H,25,27,30). The van der Waals surface area contributed by atoms with E-state index in [2.05, 4.69) is 15.5 Å². The van der Waals surface area contributed by atoms with Crippen LogP contribution in [-0.2, 0) is 9.59 Å². The van der Waals surface area contributed by atoms with E-state index in [4.69, 9.17) is 39.5 Å².